The monoisotopic (exact) mass is 382 g/mol. The Kier molecular flexibility index (Phi) is 28.3. The number of carbonyl (C=O) groups is 2. The van der Waals surface area contributed by atoms with Crippen molar-refractivity contribution in [1.29, 1.82) is 0 Å². The van der Waals surface area contributed by atoms with Gasteiger partial charge in [0.2, 0.25) is 11.6 Å². The molecule has 1 aliphatic rings. The maximum absolute atomic E-state index is 11.2. The van der Waals surface area contributed by atoms with Crippen molar-refractivity contribution in [3.05, 3.63) is 73.4 Å². The summed E-state index contributed by atoms with van der Waals surface area (Å²) >= 11 is 0. The molecule has 0 fully saturated rings. The number of benzene rings is 1. The minimum atomic E-state index is -0.436. The smallest absolute Gasteiger partial charge is 0.233 e. The number of rotatable bonds is 0. The maximum atomic E-state index is 11.2. The number of hydrogen-bond acceptors (Lipinski definition) is 2. The second kappa shape index (κ2) is 19.3. The molecule has 1 aromatic rings. The lowest BCUT2D eigenvalue weighted by molar-refractivity contribution is -0.110. The summed E-state index contributed by atoms with van der Waals surface area (Å²) in [5, 5.41) is 0. The molecule has 0 aliphatic heterocycles. The summed E-state index contributed by atoms with van der Waals surface area (Å²) in [6.07, 6.45) is 2.98. The number of fused-ring (bicyclic) bond motifs is 1. The highest BCUT2D eigenvalue weighted by Crippen LogP contribution is 2.16. The zero-order valence-electron chi connectivity index (χ0n) is 11.1. The number of halogens is 1. The molecule has 12 heteroatoms. The molecule has 0 spiro atoms. The largest absolute Gasteiger partial charge is 1.00 e. The molecule has 1 aromatic carbocycles. The van der Waals surface area contributed by atoms with Crippen molar-refractivity contribution in [2.24, 2.45) is 0 Å². The first kappa shape index (κ1) is 32.3. The fourth-order valence-electron chi connectivity index (χ4n) is 1.22. The summed E-state index contributed by atoms with van der Waals surface area (Å²) in [5.74, 6) is -0.846. The van der Waals surface area contributed by atoms with E-state index in [1.54, 1.807) is 18.2 Å². The van der Waals surface area contributed by atoms with E-state index in [2.05, 4.69) is 0 Å². The van der Waals surface area contributed by atoms with Crippen LogP contribution in [0.25, 0.3) is 38.0 Å². The molecule has 0 saturated heterocycles. The number of ketones is 2. The fraction of sp³-hybridized carbons (Fsp3) is 0. The molecule has 2 rings (SSSR count). The van der Waals surface area contributed by atoms with Gasteiger partial charge in [0.05, 0.1) is 0 Å². The first-order chi connectivity index (χ1) is 8.62. The van der Waals surface area contributed by atoms with Gasteiger partial charge in [-0.15, -0.1) is 0 Å². The van der Waals surface area contributed by atoms with Gasteiger partial charge in [-0.25, -0.2) is 0 Å². The van der Waals surface area contributed by atoms with Gasteiger partial charge in [0.1, 0.15) is 0 Å². The highest BCUT2D eigenvalue weighted by Gasteiger charge is 2.19. The van der Waals surface area contributed by atoms with E-state index in [9.17, 15) is 9.59 Å². The molecule has 22 heavy (non-hydrogen) atoms. The second-order valence-corrected chi connectivity index (χ2v) is 2.79. The quantitative estimate of drug-likeness (QED) is 0.164. The van der Waals surface area contributed by atoms with Crippen LogP contribution in [0.5, 0.6) is 0 Å². The molecule has 1 aliphatic carbocycles. The minimum Gasteiger partial charge on any atom is -1.00 e. The molecule has 0 amide bonds. The van der Waals surface area contributed by atoms with Crippen LogP contribution in [0.2, 0.25) is 0 Å². The van der Waals surface area contributed by atoms with Gasteiger partial charge in [-0.3, -0.25) is 19.4 Å². The molecule has 0 unspecified atom stereocenters. The molecule has 0 saturated carbocycles. The van der Waals surface area contributed by atoms with E-state index >= 15 is 0 Å². The van der Waals surface area contributed by atoms with E-state index in [1.165, 1.54) is 15.9 Å². The van der Waals surface area contributed by atoms with Gasteiger partial charge in [-0.1, -0.05) is 70.8 Å². The third-order valence-electron chi connectivity index (χ3n) is 1.84. The third-order valence-corrected chi connectivity index (χ3v) is 1.84. The highest BCUT2D eigenvalue weighted by molar-refractivity contribution is 7.37. The van der Waals surface area contributed by atoms with Crippen LogP contribution in [-0.4, -0.2) is 11.6 Å². The number of allylic oxidation sites excluding steroid dienone is 1. The van der Waals surface area contributed by atoms with Crippen LogP contribution in [0.4, 0.5) is 0 Å². The van der Waals surface area contributed by atoms with Gasteiger partial charge in [-0.2, -0.15) is 0 Å². The SMILES string of the molecule is O=C1C=Cc2ccccc2C1=O.[Cl-].[N-]=[N+]=[N-].[N-]=[N+]=[N-].[SH3+].[SH3+].[SH3+]. The first-order valence-corrected chi connectivity index (χ1v) is 4.45. The molecule has 8 nitrogen and oxygen atoms in total. The normalized spacial score (nSPS) is 8.73. The van der Waals surface area contributed by atoms with Crippen LogP contribution < -0.4 is 12.4 Å². The number of carbonyl (C=O) groups excluding carboxylic acids is 2. The highest BCUT2D eigenvalue weighted by atomic mass is 35.5. The van der Waals surface area contributed by atoms with E-state index in [1.807, 2.05) is 12.1 Å². The lowest BCUT2D eigenvalue weighted by atomic mass is 9.96. The van der Waals surface area contributed by atoms with Gasteiger partial charge >= 0.3 is 0 Å². The molecular weight excluding hydrogens is 368 g/mol. The summed E-state index contributed by atoms with van der Waals surface area (Å²) in [4.78, 5) is 25.1. The number of hydrogen-bond donors (Lipinski definition) is 0. The van der Waals surface area contributed by atoms with E-state index < -0.39 is 11.6 Å². The van der Waals surface area contributed by atoms with Gasteiger partial charge in [0.25, 0.3) is 0 Å². The predicted octanol–water partition coefficient (Wildman–Crippen LogP) is -2.22. The molecule has 0 radical (unpaired) electrons. The van der Waals surface area contributed by atoms with Gasteiger partial charge in [-0.05, 0) is 11.6 Å². The average molecular weight is 383 g/mol. The standard InChI is InChI=1S/C10H6O2.ClH.2N3.3H2S/c11-9-6-5-7-3-1-2-4-8(7)10(9)12;;2*1-3-2;;;/h1-6H;1H;;;3*1H2/q;;2*-1;;;/p+2. The van der Waals surface area contributed by atoms with Crippen LogP contribution in [0.1, 0.15) is 15.9 Å². The Morgan fingerprint density at radius 1 is 0.773 bits per heavy atom. The predicted molar refractivity (Wildman–Crippen MR) is 99.6 cm³/mol. The van der Waals surface area contributed by atoms with E-state index in [4.69, 9.17) is 22.1 Å². The summed E-state index contributed by atoms with van der Waals surface area (Å²) < 4.78 is 0. The van der Waals surface area contributed by atoms with Crippen LogP contribution in [-0.2, 0) is 45.3 Å². The molecule has 0 heterocycles. The maximum Gasteiger partial charge on any atom is 0.233 e. The zero-order valence-corrected chi connectivity index (χ0v) is 15.3. The van der Waals surface area contributed by atoms with Gasteiger partial charge in [0, 0.05) is 5.56 Å². The summed E-state index contributed by atoms with van der Waals surface area (Å²) in [5.41, 5.74) is 28.3. The summed E-state index contributed by atoms with van der Waals surface area (Å²) in [6, 6.07) is 7.07. The third kappa shape index (κ3) is 11.0. The Morgan fingerprint density at radius 2 is 1.18 bits per heavy atom. The first-order valence-electron chi connectivity index (χ1n) is 4.45. The Hall–Kier alpha value is -1.74. The van der Waals surface area contributed by atoms with Crippen molar-refractivity contribution in [2.75, 3.05) is 0 Å². The van der Waals surface area contributed by atoms with Crippen LogP contribution in [0.3, 0.4) is 0 Å². The average Bonchev–Trinajstić information content (AvgIpc) is 2.36. The van der Waals surface area contributed by atoms with Gasteiger partial charge in [0.15, 0.2) is 0 Å². The molecule has 0 aromatic heterocycles. The molecule has 122 valence electrons. The lowest BCUT2D eigenvalue weighted by Gasteiger charge is -2.06. The Balaban J connectivity index is -0.0000000856. The topological polar surface area (TPSA) is 152 Å². The minimum absolute atomic E-state index is 0. The van der Waals surface area contributed by atoms with Crippen molar-refractivity contribution < 1.29 is 22.0 Å². The molecule has 0 atom stereocenters. The molecule has 0 bridgehead atoms. The van der Waals surface area contributed by atoms with E-state index in [0.29, 0.717) is 5.56 Å². The van der Waals surface area contributed by atoms with Crippen LogP contribution in [0.15, 0.2) is 30.3 Å². The Morgan fingerprint density at radius 3 is 1.64 bits per heavy atom. The molecule has 0 N–H and O–H groups in total. The van der Waals surface area contributed by atoms with E-state index in [-0.39, 0.29) is 52.9 Å². The van der Waals surface area contributed by atoms with Crippen molar-refractivity contribution >= 4 is 58.1 Å². The number of Topliss-reactive ketones (excluding diaryl/α,β-unsaturated/α-hetero) is 1. The zero-order chi connectivity index (χ0) is 14.0. The fourth-order valence-corrected chi connectivity index (χ4v) is 1.22. The van der Waals surface area contributed by atoms with Gasteiger partial charge < -0.3 is 34.5 Å². The summed E-state index contributed by atoms with van der Waals surface area (Å²) in [7, 11) is 0. The van der Waals surface area contributed by atoms with Crippen LogP contribution >= 0.6 is 0 Å². The second-order valence-electron chi connectivity index (χ2n) is 2.79. The molecular formula is C10H15ClN6O2S3. The van der Waals surface area contributed by atoms with Crippen LogP contribution in [0, 0.1) is 0 Å². The van der Waals surface area contributed by atoms with Crippen molar-refractivity contribution in [1.82, 2.24) is 0 Å². The van der Waals surface area contributed by atoms with E-state index in [0.717, 1.165) is 5.56 Å². The Bertz CT molecular complexity index is 558. The Labute approximate surface area is 153 Å². The number of nitrogens with zero attached hydrogens (tertiary/aromatic N) is 6. The van der Waals surface area contributed by atoms with Crippen molar-refractivity contribution in [3.8, 4) is 0 Å². The van der Waals surface area contributed by atoms with Crippen molar-refractivity contribution in [2.45, 2.75) is 0 Å². The lowest BCUT2D eigenvalue weighted by Crippen LogP contribution is -3.00. The summed E-state index contributed by atoms with van der Waals surface area (Å²) in [6.45, 7) is 0. The van der Waals surface area contributed by atoms with Crippen molar-refractivity contribution in [3.63, 3.8) is 0 Å².